The topological polar surface area (TPSA) is 26.3 Å². The zero-order valence-electron chi connectivity index (χ0n) is 11.3. The molecule has 1 saturated carbocycles. The lowest BCUT2D eigenvalue weighted by atomic mass is 9.86. The molecular formula is C15H26O2. The molecule has 0 spiro atoms. The Bertz CT molecular complexity index is 250. The second kappa shape index (κ2) is 7.52. The van der Waals surface area contributed by atoms with Gasteiger partial charge in [-0.3, -0.25) is 0 Å². The summed E-state index contributed by atoms with van der Waals surface area (Å²) < 4.78 is 5.56. The Morgan fingerprint density at radius 1 is 1.24 bits per heavy atom. The number of carbonyl (C=O) groups excluding carboxylic acids is 1. The van der Waals surface area contributed by atoms with Crippen LogP contribution in [0.3, 0.4) is 0 Å². The summed E-state index contributed by atoms with van der Waals surface area (Å²) >= 11 is 0. The highest BCUT2D eigenvalue weighted by atomic mass is 16.5. The fourth-order valence-electron chi connectivity index (χ4n) is 2.61. The van der Waals surface area contributed by atoms with Gasteiger partial charge in [0.15, 0.2) is 0 Å². The predicted molar refractivity (Wildman–Crippen MR) is 70.8 cm³/mol. The molecule has 1 aliphatic rings. The molecular weight excluding hydrogens is 212 g/mol. The normalized spacial score (nSPS) is 20.1. The van der Waals surface area contributed by atoms with Crippen molar-refractivity contribution in [3.63, 3.8) is 0 Å². The first-order valence-electron chi connectivity index (χ1n) is 7.01. The average molecular weight is 238 g/mol. The summed E-state index contributed by atoms with van der Waals surface area (Å²) in [6.07, 6.45) is 10.0. The van der Waals surface area contributed by atoms with Gasteiger partial charge in [0, 0.05) is 5.57 Å². The van der Waals surface area contributed by atoms with Crippen LogP contribution < -0.4 is 0 Å². The van der Waals surface area contributed by atoms with E-state index in [1.54, 1.807) is 6.92 Å². The van der Waals surface area contributed by atoms with Gasteiger partial charge in [0.05, 0.1) is 0 Å². The van der Waals surface area contributed by atoms with Crippen molar-refractivity contribution in [1.29, 1.82) is 0 Å². The molecule has 98 valence electrons. The van der Waals surface area contributed by atoms with Crippen LogP contribution in [0.15, 0.2) is 12.2 Å². The molecule has 1 fully saturated rings. The Morgan fingerprint density at radius 3 is 2.24 bits per heavy atom. The molecule has 1 aliphatic carbocycles. The van der Waals surface area contributed by atoms with E-state index in [0.717, 1.165) is 6.42 Å². The third-order valence-corrected chi connectivity index (χ3v) is 3.68. The summed E-state index contributed by atoms with van der Waals surface area (Å²) in [6, 6.07) is 0. The molecule has 0 amide bonds. The maximum absolute atomic E-state index is 11.6. The monoisotopic (exact) mass is 238 g/mol. The fourth-order valence-corrected chi connectivity index (χ4v) is 2.61. The van der Waals surface area contributed by atoms with Crippen molar-refractivity contribution in [2.45, 2.75) is 71.3 Å². The smallest absolute Gasteiger partial charge is 0.333 e. The van der Waals surface area contributed by atoms with E-state index < -0.39 is 0 Å². The van der Waals surface area contributed by atoms with Gasteiger partial charge < -0.3 is 4.74 Å². The Hall–Kier alpha value is -0.790. The van der Waals surface area contributed by atoms with Crippen LogP contribution in [0.2, 0.25) is 0 Å². The molecule has 0 saturated heterocycles. The first-order valence-corrected chi connectivity index (χ1v) is 7.01. The molecule has 2 heteroatoms. The summed E-state index contributed by atoms with van der Waals surface area (Å²) in [4.78, 5) is 11.6. The Labute approximate surface area is 105 Å². The van der Waals surface area contributed by atoms with E-state index in [2.05, 4.69) is 13.5 Å². The van der Waals surface area contributed by atoms with Crippen LogP contribution in [0.4, 0.5) is 0 Å². The Kier molecular flexibility index (Phi) is 6.31. The maximum atomic E-state index is 11.6. The summed E-state index contributed by atoms with van der Waals surface area (Å²) in [5.41, 5.74) is 0.509. The van der Waals surface area contributed by atoms with Crippen LogP contribution in [0.25, 0.3) is 0 Å². The van der Waals surface area contributed by atoms with Crippen molar-refractivity contribution in [3.8, 4) is 0 Å². The maximum Gasteiger partial charge on any atom is 0.333 e. The molecule has 1 atom stereocenters. The lowest BCUT2D eigenvalue weighted by molar-refractivity contribution is -0.147. The molecule has 0 bridgehead atoms. The van der Waals surface area contributed by atoms with Crippen molar-refractivity contribution in [2.75, 3.05) is 0 Å². The van der Waals surface area contributed by atoms with Crippen molar-refractivity contribution in [3.05, 3.63) is 12.2 Å². The highest BCUT2D eigenvalue weighted by molar-refractivity contribution is 5.87. The largest absolute Gasteiger partial charge is 0.459 e. The van der Waals surface area contributed by atoms with E-state index in [1.165, 1.54) is 44.9 Å². The Morgan fingerprint density at radius 2 is 1.76 bits per heavy atom. The van der Waals surface area contributed by atoms with Gasteiger partial charge in [0.25, 0.3) is 0 Å². The zero-order chi connectivity index (χ0) is 12.7. The van der Waals surface area contributed by atoms with Gasteiger partial charge in [0.1, 0.15) is 6.10 Å². The molecule has 0 heterocycles. The van der Waals surface area contributed by atoms with E-state index in [9.17, 15) is 4.79 Å². The highest BCUT2D eigenvalue weighted by Gasteiger charge is 2.24. The van der Waals surface area contributed by atoms with Crippen molar-refractivity contribution >= 4 is 5.97 Å². The van der Waals surface area contributed by atoms with Crippen LogP contribution in [-0.2, 0) is 9.53 Å². The molecule has 0 aromatic rings. The quantitative estimate of drug-likeness (QED) is 0.541. The van der Waals surface area contributed by atoms with E-state index in [0.29, 0.717) is 11.5 Å². The van der Waals surface area contributed by atoms with Crippen molar-refractivity contribution < 1.29 is 9.53 Å². The molecule has 0 aromatic heterocycles. The minimum atomic E-state index is -0.223. The fraction of sp³-hybridized carbons (Fsp3) is 0.800. The summed E-state index contributed by atoms with van der Waals surface area (Å²) in [5, 5.41) is 0. The van der Waals surface area contributed by atoms with Gasteiger partial charge >= 0.3 is 5.97 Å². The lowest BCUT2D eigenvalue weighted by Crippen LogP contribution is -2.27. The molecule has 0 aromatic carbocycles. The van der Waals surface area contributed by atoms with E-state index >= 15 is 0 Å². The molecule has 1 unspecified atom stereocenters. The predicted octanol–water partition coefficient (Wildman–Crippen LogP) is 4.24. The number of rotatable bonds is 4. The number of carbonyl (C=O) groups is 1. The third-order valence-electron chi connectivity index (χ3n) is 3.68. The number of ether oxygens (including phenoxy) is 1. The highest BCUT2D eigenvalue weighted by Crippen LogP contribution is 2.28. The Balaban J connectivity index is 2.51. The van der Waals surface area contributed by atoms with Gasteiger partial charge in [-0.1, -0.05) is 45.6 Å². The minimum absolute atomic E-state index is 0.0947. The molecule has 0 N–H and O–H groups in total. The minimum Gasteiger partial charge on any atom is -0.459 e. The van der Waals surface area contributed by atoms with E-state index in [1.807, 2.05) is 0 Å². The van der Waals surface area contributed by atoms with Gasteiger partial charge in [-0.25, -0.2) is 4.79 Å². The van der Waals surface area contributed by atoms with E-state index in [4.69, 9.17) is 4.74 Å². The molecule has 2 nitrogen and oxygen atoms in total. The standard InChI is InChI=1S/C15H26O2/c1-4-14(17-15(16)12(2)3)13-10-8-6-5-7-9-11-13/h13-14H,2,4-11H2,1,3H3. The molecule has 0 radical (unpaired) electrons. The number of hydrogen-bond acceptors (Lipinski definition) is 2. The van der Waals surface area contributed by atoms with Gasteiger partial charge in [-0.15, -0.1) is 0 Å². The molecule has 1 rings (SSSR count). The first-order chi connectivity index (χ1) is 8.15. The summed E-state index contributed by atoms with van der Waals surface area (Å²) in [5.74, 6) is 0.336. The average Bonchev–Trinajstić information content (AvgIpc) is 2.25. The zero-order valence-corrected chi connectivity index (χ0v) is 11.3. The van der Waals surface area contributed by atoms with Crippen LogP contribution in [0.1, 0.15) is 65.2 Å². The van der Waals surface area contributed by atoms with E-state index in [-0.39, 0.29) is 12.1 Å². The number of hydrogen-bond donors (Lipinski definition) is 0. The van der Waals surface area contributed by atoms with Crippen LogP contribution in [0.5, 0.6) is 0 Å². The summed E-state index contributed by atoms with van der Waals surface area (Å²) in [6.45, 7) is 7.47. The summed E-state index contributed by atoms with van der Waals surface area (Å²) in [7, 11) is 0. The molecule has 0 aliphatic heterocycles. The second-order valence-corrected chi connectivity index (χ2v) is 5.24. The van der Waals surface area contributed by atoms with Crippen molar-refractivity contribution in [2.24, 2.45) is 5.92 Å². The number of esters is 1. The lowest BCUT2D eigenvalue weighted by Gasteiger charge is -2.27. The van der Waals surface area contributed by atoms with Crippen LogP contribution in [0, 0.1) is 5.92 Å². The second-order valence-electron chi connectivity index (χ2n) is 5.24. The van der Waals surface area contributed by atoms with Gasteiger partial charge in [0.2, 0.25) is 0 Å². The third kappa shape index (κ3) is 4.93. The van der Waals surface area contributed by atoms with Crippen LogP contribution >= 0.6 is 0 Å². The van der Waals surface area contributed by atoms with Crippen LogP contribution in [-0.4, -0.2) is 12.1 Å². The van der Waals surface area contributed by atoms with Crippen molar-refractivity contribution in [1.82, 2.24) is 0 Å². The SMILES string of the molecule is C=C(C)C(=O)OC(CC)C1CCCCCCC1. The van der Waals surface area contributed by atoms with Gasteiger partial charge in [-0.05, 0) is 32.1 Å². The first kappa shape index (κ1) is 14.3. The van der Waals surface area contributed by atoms with Gasteiger partial charge in [-0.2, -0.15) is 0 Å². The molecule has 17 heavy (non-hydrogen) atoms.